The standard InChI is InChI=1S/C31H32BrN8O2P/c1-40-16-18(14-36-40)20-11-25(26(41-2)12-21(20)31-7-10-42-17-19(31)13-31)38-30-35-15-22(32)29(39-30)37-24-6-5-23-27(28(24)43(3)4)34-9-8-33-23/h5-6,8-9,11-12,14-16,19H,7,10,13,17H2,1-4H3,(H2,35,37,38,39). The summed E-state index contributed by atoms with van der Waals surface area (Å²) in [5, 5.41) is 12.6. The van der Waals surface area contributed by atoms with Gasteiger partial charge in [0.25, 0.3) is 0 Å². The monoisotopic (exact) mass is 658 g/mol. The maximum absolute atomic E-state index is 5.94. The highest BCUT2D eigenvalue weighted by Crippen LogP contribution is 2.61. The molecule has 2 N–H and O–H groups in total. The molecule has 0 spiro atoms. The van der Waals surface area contributed by atoms with E-state index < -0.39 is 7.92 Å². The molecule has 0 amide bonds. The molecule has 12 heteroatoms. The lowest BCUT2D eigenvalue weighted by atomic mass is 9.83. The predicted octanol–water partition coefficient (Wildman–Crippen LogP) is 6.12. The lowest BCUT2D eigenvalue weighted by Gasteiger charge is -2.26. The Balaban J connectivity index is 1.26. The lowest BCUT2D eigenvalue weighted by Crippen LogP contribution is -2.22. The highest BCUT2D eigenvalue weighted by atomic mass is 79.9. The van der Waals surface area contributed by atoms with E-state index in [9.17, 15) is 0 Å². The molecular weight excluding hydrogens is 627 g/mol. The molecule has 0 radical (unpaired) electrons. The number of benzene rings is 2. The minimum Gasteiger partial charge on any atom is -0.495 e. The third kappa shape index (κ3) is 5.13. The van der Waals surface area contributed by atoms with Crippen molar-refractivity contribution >= 4 is 63.3 Å². The summed E-state index contributed by atoms with van der Waals surface area (Å²) in [5.41, 5.74) is 7.12. The van der Waals surface area contributed by atoms with E-state index in [1.807, 2.05) is 30.1 Å². The Bertz CT molecular complexity index is 1850. The van der Waals surface area contributed by atoms with E-state index in [-0.39, 0.29) is 5.41 Å². The minimum absolute atomic E-state index is 0.111. The number of aromatic nitrogens is 6. The van der Waals surface area contributed by atoms with E-state index in [0.717, 1.165) is 75.1 Å². The molecule has 2 aromatic carbocycles. The van der Waals surface area contributed by atoms with Crippen LogP contribution in [-0.4, -0.2) is 63.4 Å². The molecule has 220 valence electrons. The first kappa shape index (κ1) is 28.1. The molecule has 1 saturated carbocycles. The number of aryl methyl sites for hydroxylation is 1. The molecule has 43 heavy (non-hydrogen) atoms. The molecule has 2 fully saturated rings. The van der Waals surface area contributed by atoms with E-state index in [4.69, 9.17) is 14.5 Å². The van der Waals surface area contributed by atoms with E-state index in [2.05, 4.69) is 78.3 Å². The quantitative estimate of drug-likeness (QED) is 0.190. The van der Waals surface area contributed by atoms with Crippen LogP contribution in [0, 0.1) is 5.92 Å². The average molecular weight is 660 g/mol. The molecule has 1 aliphatic carbocycles. The van der Waals surface area contributed by atoms with Crippen molar-refractivity contribution in [1.29, 1.82) is 0 Å². The molecular formula is C31H32BrN8O2P. The van der Waals surface area contributed by atoms with Gasteiger partial charge >= 0.3 is 0 Å². The number of ether oxygens (including phenoxy) is 2. The van der Waals surface area contributed by atoms with Crippen molar-refractivity contribution in [2.45, 2.75) is 18.3 Å². The third-order valence-corrected chi connectivity index (χ3v) is 10.4. The largest absolute Gasteiger partial charge is 0.495 e. The zero-order valence-corrected chi connectivity index (χ0v) is 26.9. The molecule has 7 rings (SSSR count). The summed E-state index contributed by atoms with van der Waals surface area (Å²) in [6.45, 7) is 6.01. The Kier molecular flexibility index (Phi) is 7.27. The molecule has 5 aromatic rings. The van der Waals surface area contributed by atoms with Crippen LogP contribution in [0.2, 0.25) is 0 Å². The molecule has 1 saturated heterocycles. The molecule has 4 heterocycles. The Morgan fingerprint density at radius 2 is 1.95 bits per heavy atom. The van der Waals surface area contributed by atoms with Gasteiger partial charge in [0.15, 0.2) is 0 Å². The normalized spacial score (nSPS) is 19.3. The summed E-state index contributed by atoms with van der Waals surface area (Å²) in [6.07, 6.45) is 11.3. The average Bonchev–Trinajstić information content (AvgIpc) is 3.61. The molecule has 2 unspecified atom stereocenters. The summed E-state index contributed by atoms with van der Waals surface area (Å²) < 4.78 is 14.3. The molecule has 3 aromatic heterocycles. The first-order valence-corrected chi connectivity index (χ1v) is 17.2. The van der Waals surface area contributed by atoms with Gasteiger partial charge in [0.1, 0.15) is 11.6 Å². The Morgan fingerprint density at radius 3 is 2.72 bits per heavy atom. The Labute approximate surface area is 259 Å². The fraction of sp³-hybridized carbons (Fsp3) is 0.323. The van der Waals surface area contributed by atoms with Crippen molar-refractivity contribution in [2.24, 2.45) is 13.0 Å². The molecule has 0 bridgehead atoms. The maximum Gasteiger partial charge on any atom is 0.229 e. The topological polar surface area (TPSA) is 112 Å². The van der Waals surface area contributed by atoms with Gasteiger partial charge in [-0.05, 0) is 83.4 Å². The Morgan fingerprint density at radius 1 is 1.09 bits per heavy atom. The van der Waals surface area contributed by atoms with Crippen LogP contribution in [0.3, 0.4) is 0 Å². The smallest absolute Gasteiger partial charge is 0.229 e. The molecule has 10 nitrogen and oxygen atoms in total. The summed E-state index contributed by atoms with van der Waals surface area (Å²) in [5.74, 6) is 2.36. The summed E-state index contributed by atoms with van der Waals surface area (Å²) in [7, 11) is 3.16. The number of hydrogen-bond donors (Lipinski definition) is 2. The first-order valence-electron chi connectivity index (χ1n) is 14.1. The van der Waals surface area contributed by atoms with Crippen molar-refractivity contribution in [2.75, 3.05) is 44.3 Å². The highest BCUT2D eigenvalue weighted by Gasteiger charge is 2.57. The van der Waals surface area contributed by atoms with Crippen LogP contribution in [0.25, 0.3) is 22.2 Å². The van der Waals surface area contributed by atoms with Crippen molar-refractivity contribution in [3.63, 3.8) is 0 Å². The van der Waals surface area contributed by atoms with Gasteiger partial charge in [0.2, 0.25) is 5.95 Å². The van der Waals surface area contributed by atoms with E-state index >= 15 is 0 Å². The van der Waals surface area contributed by atoms with Crippen molar-refractivity contribution < 1.29 is 9.47 Å². The van der Waals surface area contributed by atoms with Crippen molar-refractivity contribution in [3.8, 4) is 16.9 Å². The number of fused-ring (bicyclic) bond motifs is 2. The molecule has 2 atom stereocenters. The van der Waals surface area contributed by atoms with E-state index in [1.54, 1.807) is 25.7 Å². The van der Waals surface area contributed by atoms with Gasteiger partial charge in [-0.1, -0.05) is 7.92 Å². The van der Waals surface area contributed by atoms with Gasteiger partial charge < -0.3 is 20.1 Å². The first-order chi connectivity index (χ1) is 20.9. The number of methoxy groups -OCH3 is 1. The summed E-state index contributed by atoms with van der Waals surface area (Å²) >= 11 is 3.64. The number of nitrogens with zero attached hydrogens (tertiary/aromatic N) is 6. The van der Waals surface area contributed by atoms with Crippen LogP contribution < -0.4 is 20.7 Å². The summed E-state index contributed by atoms with van der Waals surface area (Å²) in [4.78, 5) is 18.6. The fourth-order valence-electron chi connectivity index (χ4n) is 6.25. The number of hydrogen-bond acceptors (Lipinski definition) is 9. The maximum atomic E-state index is 5.94. The fourth-order valence-corrected chi connectivity index (χ4v) is 7.74. The highest BCUT2D eigenvalue weighted by molar-refractivity contribution is 9.10. The minimum atomic E-state index is -0.481. The zero-order chi connectivity index (χ0) is 29.7. The van der Waals surface area contributed by atoms with Gasteiger partial charge in [-0.3, -0.25) is 14.6 Å². The SMILES string of the molecule is COc1cc(C23CCOCC2C3)c(-c2cnn(C)c2)cc1Nc1ncc(Br)c(Nc2ccc3nccnc3c2P(C)C)n1. The molecule has 1 aliphatic heterocycles. The van der Waals surface area contributed by atoms with Gasteiger partial charge in [-0.15, -0.1) is 0 Å². The second-order valence-corrected chi connectivity index (χ2v) is 14.4. The van der Waals surface area contributed by atoms with Crippen LogP contribution in [-0.2, 0) is 17.2 Å². The van der Waals surface area contributed by atoms with Crippen LogP contribution in [0.4, 0.5) is 23.1 Å². The Hall–Kier alpha value is -3.66. The predicted molar refractivity (Wildman–Crippen MR) is 175 cm³/mol. The number of nitrogens with one attached hydrogen (secondary N) is 2. The van der Waals surface area contributed by atoms with E-state index in [1.165, 1.54) is 5.56 Å². The summed E-state index contributed by atoms with van der Waals surface area (Å²) in [6, 6.07) is 8.35. The van der Waals surface area contributed by atoms with Crippen LogP contribution in [0.1, 0.15) is 18.4 Å². The lowest BCUT2D eigenvalue weighted by molar-refractivity contribution is 0.0803. The van der Waals surface area contributed by atoms with Gasteiger partial charge in [-0.25, -0.2) is 4.98 Å². The zero-order valence-electron chi connectivity index (χ0n) is 24.4. The van der Waals surface area contributed by atoms with Crippen molar-refractivity contribution in [1.82, 2.24) is 29.7 Å². The number of anilines is 4. The van der Waals surface area contributed by atoms with Gasteiger partial charge in [0.05, 0.1) is 41.1 Å². The van der Waals surface area contributed by atoms with Gasteiger partial charge in [-0.2, -0.15) is 10.1 Å². The van der Waals surface area contributed by atoms with Gasteiger partial charge in [0, 0.05) is 60.4 Å². The second kappa shape index (κ2) is 11.1. The number of rotatable bonds is 8. The van der Waals surface area contributed by atoms with Crippen LogP contribution in [0.5, 0.6) is 5.75 Å². The van der Waals surface area contributed by atoms with Crippen LogP contribution in [0.15, 0.2) is 59.7 Å². The second-order valence-electron chi connectivity index (χ2n) is 11.3. The third-order valence-electron chi connectivity index (χ3n) is 8.44. The number of halogens is 1. The molecule has 2 aliphatic rings. The van der Waals surface area contributed by atoms with Crippen molar-refractivity contribution in [3.05, 3.63) is 65.3 Å². The van der Waals surface area contributed by atoms with E-state index in [0.29, 0.717) is 17.7 Å². The van der Waals surface area contributed by atoms with Crippen LogP contribution >= 0.6 is 23.9 Å².